The van der Waals surface area contributed by atoms with Crippen LogP contribution in [-0.4, -0.2) is 4.98 Å². The van der Waals surface area contributed by atoms with Gasteiger partial charge in [0.15, 0.2) is 0 Å². The predicted molar refractivity (Wildman–Crippen MR) is 52.3 cm³/mol. The van der Waals surface area contributed by atoms with E-state index in [2.05, 4.69) is 36.2 Å². The highest BCUT2D eigenvalue weighted by atomic mass is 32.1. The summed E-state index contributed by atoms with van der Waals surface area (Å²) in [5, 5.41) is 0. The van der Waals surface area contributed by atoms with Crippen molar-refractivity contribution in [2.24, 2.45) is 0 Å². The lowest BCUT2D eigenvalue weighted by Gasteiger charge is -1.99. The summed E-state index contributed by atoms with van der Waals surface area (Å²) in [4.78, 5) is 5.30. The molecule has 1 heterocycles. The standard InChI is InChI=1S/C10H9NS/c1-8-4-2-3-5-9(8)10-6-11-7-12-10/h2-7H,1H3. The minimum absolute atomic E-state index is 1.24. The minimum atomic E-state index is 1.24. The van der Waals surface area contributed by atoms with Gasteiger partial charge in [-0.2, -0.15) is 0 Å². The number of hydrogen-bond donors (Lipinski definition) is 0. The van der Waals surface area contributed by atoms with Crippen molar-refractivity contribution in [3.05, 3.63) is 41.5 Å². The second-order valence-electron chi connectivity index (χ2n) is 2.68. The number of thiazole rings is 1. The van der Waals surface area contributed by atoms with Gasteiger partial charge >= 0.3 is 0 Å². The lowest BCUT2D eigenvalue weighted by Crippen LogP contribution is -1.77. The quantitative estimate of drug-likeness (QED) is 0.649. The van der Waals surface area contributed by atoms with Crippen molar-refractivity contribution < 1.29 is 0 Å². The van der Waals surface area contributed by atoms with E-state index in [1.165, 1.54) is 16.0 Å². The number of aromatic nitrogens is 1. The Morgan fingerprint density at radius 1 is 1.25 bits per heavy atom. The fourth-order valence-electron chi connectivity index (χ4n) is 1.20. The molecule has 0 atom stereocenters. The van der Waals surface area contributed by atoms with Crippen LogP contribution in [0.15, 0.2) is 36.0 Å². The van der Waals surface area contributed by atoms with Gasteiger partial charge in [0, 0.05) is 6.20 Å². The summed E-state index contributed by atoms with van der Waals surface area (Å²) >= 11 is 1.68. The van der Waals surface area contributed by atoms with Crippen molar-refractivity contribution >= 4 is 11.3 Å². The molecule has 1 aromatic carbocycles. The molecule has 0 saturated carbocycles. The van der Waals surface area contributed by atoms with E-state index in [1.54, 1.807) is 11.3 Å². The smallest absolute Gasteiger partial charge is 0.0797 e. The molecule has 0 aliphatic carbocycles. The fourth-order valence-corrected chi connectivity index (χ4v) is 1.91. The Bertz CT molecular complexity index is 365. The third kappa shape index (κ3) is 1.25. The first kappa shape index (κ1) is 7.50. The molecule has 0 amide bonds. The van der Waals surface area contributed by atoms with Crippen LogP contribution < -0.4 is 0 Å². The maximum Gasteiger partial charge on any atom is 0.0797 e. The third-order valence-corrected chi connectivity index (χ3v) is 2.65. The van der Waals surface area contributed by atoms with E-state index in [-0.39, 0.29) is 0 Å². The van der Waals surface area contributed by atoms with Crippen molar-refractivity contribution in [1.29, 1.82) is 0 Å². The van der Waals surface area contributed by atoms with E-state index in [4.69, 9.17) is 0 Å². The lowest BCUT2D eigenvalue weighted by molar-refractivity contribution is 1.41. The summed E-state index contributed by atoms with van der Waals surface area (Å²) in [5.41, 5.74) is 4.46. The molecule has 2 aromatic rings. The third-order valence-electron chi connectivity index (χ3n) is 1.84. The maximum absolute atomic E-state index is 4.06. The lowest BCUT2D eigenvalue weighted by atomic mass is 10.1. The van der Waals surface area contributed by atoms with Crippen LogP contribution in [0.5, 0.6) is 0 Å². The topological polar surface area (TPSA) is 12.9 Å². The molecule has 0 spiro atoms. The van der Waals surface area contributed by atoms with Crippen molar-refractivity contribution in [1.82, 2.24) is 4.98 Å². The Morgan fingerprint density at radius 2 is 2.08 bits per heavy atom. The zero-order valence-corrected chi connectivity index (χ0v) is 7.64. The molecule has 0 saturated heterocycles. The van der Waals surface area contributed by atoms with Crippen molar-refractivity contribution in [3.63, 3.8) is 0 Å². The van der Waals surface area contributed by atoms with Crippen LogP contribution in [0.1, 0.15) is 5.56 Å². The molecule has 1 aromatic heterocycles. The van der Waals surface area contributed by atoms with Crippen molar-refractivity contribution in [3.8, 4) is 10.4 Å². The average Bonchev–Trinajstić information content (AvgIpc) is 2.57. The Balaban J connectivity index is 2.55. The van der Waals surface area contributed by atoms with Gasteiger partial charge in [-0.1, -0.05) is 24.3 Å². The molecule has 0 unspecified atom stereocenters. The molecular weight excluding hydrogens is 166 g/mol. The second-order valence-corrected chi connectivity index (χ2v) is 3.57. The first-order chi connectivity index (χ1) is 5.88. The second kappa shape index (κ2) is 3.07. The molecule has 0 bridgehead atoms. The zero-order chi connectivity index (χ0) is 8.39. The first-order valence-electron chi connectivity index (χ1n) is 3.82. The van der Waals surface area contributed by atoms with Crippen LogP contribution in [0.3, 0.4) is 0 Å². The minimum Gasteiger partial charge on any atom is -0.252 e. The summed E-state index contributed by atoms with van der Waals surface area (Å²) in [6.07, 6.45) is 1.91. The predicted octanol–water partition coefficient (Wildman–Crippen LogP) is 3.12. The Morgan fingerprint density at radius 3 is 2.75 bits per heavy atom. The Hall–Kier alpha value is -1.15. The monoisotopic (exact) mass is 175 g/mol. The van der Waals surface area contributed by atoms with Crippen LogP contribution in [0.25, 0.3) is 10.4 Å². The molecule has 0 aliphatic rings. The number of nitrogens with zero attached hydrogens (tertiary/aromatic N) is 1. The normalized spacial score (nSPS) is 10.1. The average molecular weight is 175 g/mol. The van der Waals surface area contributed by atoms with Gasteiger partial charge in [0.25, 0.3) is 0 Å². The molecule has 60 valence electrons. The summed E-state index contributed by atoms with van der Waals surface area (Å²) in [6, 6.07) is 8.36. The van der Waals surface area contributed by atoms with Crippen LogP contribution in [0, 0.1) is 6.92 Å². The van der Waals surface area contributed by atoms with Gasteiger partial charge in [0.1, 0.15) is 0 Å². The van der Waals surface area contributed by atoms with Crippen LogP contribution >= 0.6 is 11.3 Å². The first-order valence-corrected chi connectivity index (χ1v) is 4.70. The molecule has 0 N–H and O–H groups in total. The molecule has 0 aliphatic heterocycles. The summed E-state index contributed by atoms with van der Waals surface area (Å²) in [6.45, 7) is 2.12. The van der Waals surface area contributed by atoms with Gasteiger partial charge in [-0.3, -0.25) is 4.98 Å². The molecule has 2 rings (SSSR count). The SMILES string of the molecule is Cc1ccccc1-c1cncs1. The summed E-state index contributed by atoms with van der Waals surface area (Å²) in [5.74, 6) is 0. The van der Waals surface area contributed by atoms with E-state index >= 15 is 0 Å². The van der Waals surface area contributed by atoms with Gasteiger partial charge < -0.3 is 0 Å². The van der Waals surface area contributed by atoms with Crippen molar-refractivity contribution in [2.45, 2.75) is 6.92 Å². The van der Waals surface area contributed by atoms with Gasteiger partial charge in [-0.25, -0.2) is 0 Å². The van der Waals surface area contributed by atoms with Gasteiger partial charge in [0.2, 0.25) is 0 Å². The maximum atomic E-state index is 4.06. The number of rotatable bonds is 1. The summed E-state index contributed by atoms with van der Waals surface area (Å²) in [7, 11) is 0. The largest absolute Gasteiger partial charge is 0.252 e. The molecular formula is C10H9NS. The van der Waals surface area contributed by atoms with Gasteiger partial charge in [-0.05, 0) is 18.1 Å². The summed E-state index contributed by atoms with van der Waals surface area (Å²) < 4.78 is 0. The molecule has 0 fully saturated rings. The zero-order valence-electron chi connectivity index (χ0n) is 6.82. The van der Waals surface area contributed by atoms with Crippen molar-refractivity contribution in [2.75, 3.05) is 0 Å². The van der Waals surface area contributed by atoms with Crippen LogP contribution in [0.2, 0.25) is 0 Å². The van der Waals surface area contributed by atoms with E-state index in [0.29, 0.717) is 0 Å². The number of hydrogen-bond acceptors (Lipinski definition) is 2. The molecule has 12 heavy (non-hydrogen) atoms. The highest BCUT2D eigenvalue weighted by Crippen LogP contribution is 2.25. The highest BCUT2D eigenvalue weighted by molar-refractivity contribution is 7.13. The van der Waals surface area contributed by atoms with E-state index in [9.17, 15) is 0 Å². The van der Waals surface area contributed by atoms with E-state index in [0.717, 1.165) is 0 Å². The number of aryl methyl sites for hydroxylation is 1. The van der Waals surface area contributed by atoms with Gasteiger partial charge in [-0.15, -0.1) is 11.3 Å². The van der Waals surface area contributed by atoms with E-state index in [1.807, 2.05) is 11.7 Å². The molecule has 0 radical (unpaired) electrons. The molecule has 1 nitrogen and oxygen atoms in total. The molecule has 2 heteroatoms. The van der Waals surface area contributed by atoms with Crippen LogP contribution in [-0.2, 0) is 0 Å². The van der Waals surface area contributed by atoms with E-state index < -0.39 is 0 Å². The number of benzene rings is 1. The Kier molecular flexibility index (Phi) is 1.92. The highest BCUT2D eigenvalue weighted by Gasteiger charge is 2.00. The van der Waals surface area contributed by atoms with Crippen LogP contribution in [0.4, 0.5) is 0 Å². The van der Waals surface area contributed by atoms with Gasteiger partial charge in [0.05, 0.1) is 10.4 Å². The fraction of sp³-hybridized carbons (Fsp3) is 0.100. The Labute approximate surface area is 75.7 Å².